The number of hydrogen-bond acceptors (Lipinski definition) is 5. The monoisotopic (exact) mass is 412 g/mol. The second-order valence-electron chi connectivity index (χ2n) is 6.94. The zero-order valence-electron chi connectivity index (χ0n) is 16.5. The molecule has 0 aliphatic carbocycles. The second-order valence-corrected chi connectivity index (χ2v) is 6.94. The Kier molecular flexibility index (Phi) is 5.80. The number of carbonyl (C=O) groups excluding carboxylic acids is 1. The van der Waals surface area contributed by atoms with Crippen molar-refractivity contribution in [1.82, 2.24) is 5.43 Å². The number of carbonyl (C=O) groups is 1. The molecule has 0 saturated heterocycles. The van der Waals surface area contributed by atoms with Gasteiger partial charge in [-0.25, -0.2) is 5.43 Å². The Morgan fingerprint density at radius 1 is 0.903 bits per heavy atom. The van der Waals surface area contributed by atoms with E-state index in [1.807, 2.05) is 48.5 Å². The highest BCUT2D eigenvalue weighted by atomic mass is 16.5. The van der Waals surface area contributed by atoms with Crippen LogP contribution in [0.2, 0.25) is 0 Å². The minimum Gasteiger partial charge on any atom is -0.508 e. The van der Waals surface area contributed by atoms with Gasteiger partial charge in [-0.05, 0) is 52.7 Å². The fourth-order valence-electron chi connectivity index (χ4n) is 3.04. The van der Waals surface area contributed by atoms with E-state index < -0.39 is 0 Å². The predicted octanol–water partition coefficient (Wildman–Crippen LogP) is 4.59. The molecule has 0 heterocycles. The van der Waals surface area contributed by atoms with Crippen LogP contribution in [-0.2, 0) is 6.61 Å². The highest BCUT2D eigenvalue weighted by Gasteiger charge is 2.05. The van der Waals surface area contributed by atoms with Gasteiger partial charge in [0.25, 0.3) is 5.91 Å². The van der Waals surface area contributed by atoms with E-state index in [-0.39, 0.29) is 17.4 Å². The van der Waals surface area contributed by atoms with Crippen LogP contribution < -0.4 is 10.2 Å². The van der Waals surface area contributed by atoms with E-state index in [1.54, 1.807) is 12.1 Å². The third-order valence-corrected chi connectivity index (χ3v) is 4.73. The summed E-state index contributed by atoms with van der Waals surface area (Å²) in [5.74, 6) is 0.223. The highest BCUT2D eigenvalue weighted by molar-refractivity contribution is 5.95. The summed E-state index contributed by atoms with van der Waals surface area (Å²) in [5, 5.41) is 25.1. The summed E-state index contributed by atoms with van der Waals surface area (Å²) in [6, 6.07) is 25.2. The number of amides is 1. The second kappa shape index (κ2) is 9.00. The molecule has 0 bridgehead atoms. The summed E-state index contributed by atoms with van der Waals surface area (Å²) in [7, 11) is 0. The maximum absolute atomic E-state index is 12.2. The van der Waals surface area contributed by atoms with Crippen LogP contribution in [0.4, 0.5) is 0 Å². The molecule has 0 fully saturated rings. The van der Waals surface area contributed by atoms with Crippen LogP contribution >= 0.6 is 0 Å². The van der Waals surface area contributed by atoms with Crippen LogP contribution in [0.15, 0.2) is 90.0 Å². The van der Waals surface area contributed by atoms with Crippen LogP contribution in [0.3, 0.4) is 0 Å². The molecular weight excluding hydrogens is 392 g/mol. The first-order valence-electron chi connectivity index (χ1n) is 9.64. The molecule has 1 amide bonds. The van der Waals surface area contributed by atoms with E-state index >= 15 is 0 Å². The Hall–Kier alpha value is -4.32. The van der Waals surface area contributed by atoms with Gasteiger partial charge in [0, 0.05) is 17.2 Å². The maximum Gasteiger partial charge on any atom is 0.271 e. The number of hydrazone groups is 1. The smallest absolute Gasteiger partial charge is 0.271 e. The number of ether oxygens (including phenoxy) is 1. The minimum atomic E-state index is -0.378. The van der Waals surface area contributed by atoms with Gasteiger partial charge in [0.15, 0.2) is 0 Å². The van der Waals surface area contributed by atoms with E-state index in [0.717, 1.165) is 22.1 Å². The zero-order chi connectivity index (χ0) is 21.6. The van der Waals surface area contributed by atoms with Gasteiger partial charge in [0.05, 0.1) is 6.21 Å². The molecule has 6 nitrogen and oxygen atoms in total. The normalized spacial score (nSPS) is 11.0. The van der Waals surface area contributed by atoms with Crippen molar-refractivity contribution in [3.05, 3.63) is 102 Å². The number of nitrogens with zero attached hydrogens (tertiary/aromatic N) is 1. The zero-order valence-corrected chi connectivity index (χ0v) is 16.5. The standard InChI is InChI=1S/C25H20N2O4/c28-22-11-9-21(24(29)14-22)15-26-27-25(30)19-7-5-17(6-8-19)16-31-23-12-10-18-3-1-2-4-20(18)13-23/h1-15,28-29H,16H2,(H,27,30)/b26-15+. The number of rotatable bonds is 6. The molecule has 0 aliphatic rings. The third-order valence-electron chi connectivity index (χ3n) is 4.73. The molecule has 0 unspecified atom stereocenters. The molecule has 0 aliphatic heterocycles. The molecule has 154 valence electrons. The summed E-state index contributed by atoms with van der Waals surface area (Å²) in [5.41, 5.74) is 4.16. The van der Waals surface area contributed by atoms with E-state index in [0.29, 0.717) is 17.7 Å². The van der Waals surface area contributed by atoms with E-state index in [4.69, 9.17) is 4.74 Å². The summed E-state index contributed by atoms with van der Waals surface area (Å²) in [4.78, 5) is 12.2. The Bertz CT molecular complexity index is 1250. The summed E-state index contributed by atoms with van der Waals surface area (Å²) >= 11 is 0. The number of phenolic OH excluding ortho intramolecular Hbond substituents is 2. The molecule has 4 aromatic rings. The maximum atomic E-state index is 12.2. The Morgan fingerprint density at radius 3 is 2.45 bits per heavy atom. The topological polar surface area (TPSA) is 91.2 Å². The molecule has 0 aromatic heterocycles. The quantitative estimate of drug-likeness (QED) is 0.319. The van der Waals surface area contributed by atoms with Crippen molar-refractivity contribution in [2.45, 2.75) is 6.61 Å². The molecule has 31 heavy (non-hydrogen) atoms. The van der Waals surface area contributed by atoms with Crippen LogP contribution in [0.25, 0.3) is 10.8 Å². The largest absolute Gasteiger partial charge is 0.508 e. The van der Waals surface area contributed by atoms with Gasteiger partial charge in [-0.3, -0.25) is 4.79 Å². The predicted molar refractivity (Wildman–Crippen MR) is 120 cm³/mol. The Morgan fingerprint density at radius 2 is 1.68 bits per heavy atom. The number of phenols is 2. The van der Waals surface area contributed by atoms with Gasteiger partial charge in [-0.15, -0.1) is 0 Å². The molecule has 0 spiro atoms. The summed E-state index contributed by atoms with van der Waals surface area (Å²) in [6.45, 7) is 0.387. The number of hydrogen-bond donors (Lipinski definition) is 3. The summed E-state index contributed by atoms with van der Waals surface area (Å²) in [6.07, 6.45) is 1.30. The molecule has 4 aromatic carbocycles. The lowest BCUT2D eigenvalue weighted by Gasteiger charge is -2.08. The van der Waals surface area contributed by atoms with E-state index in [2.05, 4.69) is 16.6 Å². The third kappa shape index (κ3) is 5.00. The highest BCUT2D eigenvalue weighted by Crippen LogP contribution is 2.22. The molecule has 4 rings (SSSR count). The fourth-order valence-corrected chi connectivity index (χ4v) is 3.04. The fraction of sp³-hybridized carbons (Fsp3) is 0.0400. The number of fused-ring (bicyclic) bond motifs is 1. The first-order valence-corrected chi connectivity index (χ1v) is 9.64. The number of aromatic hydroxyl groups is 2. The lowest BCUT2D eigenvalue weighted by Crippen LogP contribution is -2.17. The average molecular weight is 412 g/mol. The van der Waals surface area contributed by atoms with E-state index in [1.165, 1.54) is 24.4 Å². The molecule has 0 radical (unpaired) electrons. The SMILES string of the molecule is O=C(N/N=C/c1ccc(O)cc1O)c1ccc(COc2ccc3ccccc3c2)cc1. The van der Waals surface area contributed by atoms with Crippen molar-refractivity contribution in [2.24, 2.45) is 5.10 Å². The van der Waals surface area contributed by atoms with Crippen molar-refractivity contribution in [3.63, 3.8) is 0 Å². The van der Waals surface area contributed by atoms with Gasteiger partial charge in [0.2, 0.25) is 0 Å². The number of benzene rings is 4. The van der Waals surface area contributed by atoms with Gasteiger partial charge in [0.1, 0.15) is 23.9 Å². The Labute approximate surface area is 179 Å². The minimum absolute atomic E-state index is 0.0524. The van der Waals surface area contributed by atoms with Gasteiger partial charge in [-0.1, -0.05) is 42.5 Å². The van der Waals surface area contributed by atoms with E-state index in [9.17, 15) is 15.0 Å². The van der Waals surface area contributed by atoms with Crippen molar-refractivity contribution in [1.29, 1.82) is 0 Å². The number of nitrogens with one attached hydrogen (secondary N) is 1. The van der Waals surface area contributed by atoms with Crippen molar-refractivity contribution in [3.8, 4) is 17.2 Å². The van der Waals surface area contributed by atoms with Gasteiger partial charge < -0.3 is 14.9 Å². The van der Waals surface area contributed by atoms with Gasteiger partial charge in [-0.2, -0.15) is 5.10 Å². The van der Waals surface area contributed by atoms with Crippen molar-refractivity contribution < 1.29 is 19.7 Å². The first kappa shape index (κ1) is 20.0. The summed E-state index contributed by atoms with van der Waals surface area (Å²) < 4.78 is 5.87. The lowest BCUT2D eigenvalue weighted by molar-refractivity contribution is 0.0955. The van der Waals surface area contributed by atoms with Crippen LogP contribution in [0.5, 0.6) is 17.2 Å². The van der Waals surface area contributed by atoms with Crippen molar-refractivity contribution in [2.75, 3.05) is 0 Å². The molecule has 6 heteroatoms. The molecule has 0 atom stereocenters. The van der Waals surface area contributed by atoms with Gasteiger partial charge >= 0.3 is 0 Å². The van der Waals surface area contributed by atoms with Crippen LogP contribution in [-0.4, -0.2) is 22.3 Å². The molecule has 3 N–H and O–H groups in total. The van der Waals surface area contributed by atoms with Crippen molar-refractivity contribution >= 4 is 22.9 Å². The van der Waals surface area contributed by atoms with Crippen LogP contribution in [0, 0.1) is 0 Å². The first-order chi connectivity index (χ1) is 15.1. The average Bonchev–Trinajstić information content (AvgIpc) is 2.79. The van der Waals surface area contributed by atoms with Crippen LogP contribution in [0.1, 0.15) is 21.5 Å². The molecular formula is C25H20N2O4. The molecule has 0 saturated carbocycles. The Balaban J connectivity index is 1.33. The lowest BCUT2D eigenvalue weighted by atomic mass is 10.1.